The zero-order valence-corrected chi connectivity index (χ0v) is 11.4. The first-order valence-corrected chi connectivity index (χ1v) is 9.04. The van der Waals surface area contributed by atoms with Crippen molar-refractivity contribution in [2.24, 2.45) is 0 Å². The first-order chi connectivity index (χ1) is 7.36. The van der Waals surface area contributed by atoms with Gasteiger partial charge < -0.3 is 11.1 Å². The molecule has 3 nitrogen and oxygen atoms in total. The summed E-state index contributed by atoms with van der Waals surface area (Å²) in [5.74, 6) is -0.0211. The number of carbonyl (C=O) groups excluding carboxylic acids is 1. The van der Waals surface area contributed by atoms with Gasteiger partial charge in [-0.3, -0.25) is 4.79 Å². The number of carbonyl (C=O) groups is 1. The van der Waals surface area contributed by atoms with Crippen molar-refractivity contribution in [1.29, 1.82) is 0 Å². The van der Waals surface area contributed by atoms with Crippen LogP contribution in [0.4, 0.5) is 5.69 Å². The van der Waals surface area contributed by atoms with Gasteiger partial charge in [-0.2, -0.15) is 0 Å². The van der Waals surface area contributed by atoms with Crippen LogP contribution in [0, 0.1) is 0 Å². The topological polar surface area (TPSA) is 55.1 Å². The predicted molar refractivity (Wildman–Crippen MR) is 71.8 cm³/mol. The number of nitrogen functional groups attached to an aromatic ring is 1. The maximum atomic E-state index is 11.9. The SMILES string of the molecule is CCNC(=O)c1cc(N)ccc1[Si](C)(C)C. The summed E-state index contributed by atoms with van der Waals surface area (Å²) in [6.45, 7) is 9.22. The normalized spacial score (nSPS) is 11.2. The summed E-state index contributed by atoms with van der Waals surface area (Å²) >= 11 is 0. The molecule has 88 valence electrons. The van der Waals surface area contributed by atoms with E-state index in [1.54, 1.807) is 6.07 Å². The second-order valence-corrected chi connectivity index (χ2v) is 9.95. The van der Waals surface area contributed by atoms with Crippen molar-refractivity contribution >= 4 is 24.9 Å². The maximum Gasteiger partial charge on any atom is 0.251 e. The van der Waals surface area contributed by atoms with Crippen LogP contribution in [0.25, 0.3) is 0 Å². The minimum atomic E-state index is -1.51. The molecule has 1 aromatic rings. The molecule has 4 heteroatoms. The Morgan fingerprint density at radius 1 is 1.38 bits per heavy atom. The summed E-state index contributed by atoms with van der Waals surface area (Å²) in [5, 5.41) is 3.99. The van der Waals surface area contributed by atoms with Gasteiger partial charge in [-0.25, -0.2) is 0 Å². The highest BCUT2D eigenvalue weighted by Crippen LogP contribution is 2.11. The van der Waals surface area contributed by atoms with E-state index in [0.29, 0.717) is 12.2 Å². The molecular formula is C12H20N2OSi. The average Bonchev–Trinajstić information content (AvgIpc) is 2.16. The highest BCUT2D eigenvalue weighted by molar-refractivity contribution is 6.89. The van der Waals surface area contributed by atoms with Crippen LogP contribution in [0.3, 0.4) is 0 Å². The van der Waals surface area contributed by atoms with Crippen molar-refractivity contribution in [1.82, 2.24) is 5.32 Å². The molecule has 1 rings (SSSR count). The molecular weight excluding hydrogens is 216 g/mol. The maximum absolute atomic E-state index is 11.9. The van der Waals surface area contributed by atoms with Gasteiger partial charge in [0.15, 0.2) is 0 Å². The fourth-order valence-electron chi connectivity index (χ4n) is 1.66. The Labute approximate surface area is 98.1 Å². The van der Waals surface area contributed by atoms with Crippen LogP contribution in [0.2, 0.25) is 19.6 Å². The fourth-order valence-corrected chi connectivity index (χ4v) is 3.24. The van der Waals surface area contributed by atoms with Crippen LogP contribution in [0.15, 0.2) is 18.2 Å². The lowest BCUT2D eigenvalue weighted by Gasteiger charge is -2.20. The molecule has 0 aromatic heterocycles. The molecule has 0 bridgehead atoms. The first kappa shape index (κ1) is 12.8. The molecule has 0 heterocycles. The van der Waals surface area contributed by atoms with E-state index < -0.39 is 8.07 Å². The first-order valence-electron chi connectivity index (χ1n) is 5.54. The highest BCUT2D eigenvalue weighted by atomic mass is 28.3. The Morgan fingerprint density at radius 3 is 2.50 bits per heavy atom. The van der Waals surface area contributed by atoms with E-state index >= 15 is 0 Å². The van der Waals surface area contributed by atoms with Crippen molar-refractivity contribution < 1.29 is 4.79 Å². The summed E-state index contributed by atoms with van der Waals surface area (Å²) < 4.78 is 0. The van der Waals surface area contributed by atoms with Crippen LogP contribution in [0.1, 0.15) is 17.3 Å². The molecule has 1 aromatic carbocycles. The molecule has 0 aliphatic rings. The van der Waals surface area contributed by atoms with E-state index in [1.807, 2.05) is 19.1 Å². The van der Waals surface area contributed by atoms with E-state index in [2.05, 4.69) is 25.0 Å². The number of hydrogen-bond acceptors (Lipinski definition) is 2. The summed E-state index contributed by atoms with van der Waals surface area (Å²) in [6, 6.07) is 5.64. The third kappa shape index (κ3) is 2.85. The van der Waals surface area contributed by atoms with Crippen molar-refractivity contribution in [2.45, 2.75) is 26.6 Å². The van der Waals surface area contributed by atoms with Gasteiger partial charge in [-0.1, -0.05) is 25.7 Å². The lowest BCUT2D eigenvalue weighted by molar-refractivity contribution is 0.0957. The number of anilines is 1. The smallest absolute Gasteiger partial charge is 0.251 e. The van der Waals surface area contributed by atoms with Crippen LogP contribution >= 0.6 is 0 Å². The van der Waals surface area contributed by atoms with E-state index in [0.717, 1.165) is 10.8 Å². The molecule has 0 fully saturated rings. The van der Waals surface area contributed by atoms with Crippen LogP contribution < -0.4 is 16.2 Å². The summed E-state index contributed by atoms with van der Waals surface area (Å²) in [6.07, 6.45) is 0. The lowest BCUT2D eigenvalue weighted by Crippen LogP contribution is -2.43. The second kappa shape index (κ2) is 4.70. The van der Waals surface area contributed by atoms with Crippen molar-refractivity contribution in [3.05, 3.63) is 23.8 Å². The quantitative estimate of drug-likeness (QED) is 0.618. The number of nitrogens with one attached hydrogen (secondary N) is 1. The summed E-state index contributed by atoms with van der Waals surface area (Å²) in [4.78, 5) is 11.9. The summed E-state index contributed by atoms with van der Waals surface area (Å²) in [5.41, 5.74) is 7.12. The van der Waals surface area contributed by atoms with Crippen LogP contribution in [0.5, 0.6) is 0 Å². The van der Waals surface area contributed by atoms with Crippen LogP contribution in [-0.2, 0) is 0 Å². The van der Waals surface area contributed by atoms with Crippen molar-refractivity contribution in [2.75, 3.05) is 12.3 Å². The van der Waals surface area contributed by atoms with E-state index in [-0.39, 0.29) is 5.91 Å². The fraction of sp³-hybridized carbons (Fsp3) is 0.417. The van der Waals surface area contributed by atoms with Gasteiger partial charge in [0.05, 0.1) is 8.07 Å². The van der Waals surface area contributed by atoms with Gasteiger partial charge in [-0.05, 0) is 24.2 Å². The third-order valence-electron chi connectivity index (χ3n) is 2.43. The van der Waals surface area contributed by atoms with E-state index in [1.165, 1.54) is 0 Å². The predicted octanol–water partition coefficient (Wildman–Crippen LogP) is 1.56. The Morgan fingerprint density at radius 2 is 2.00 bits per heavy atom. The Kier molecular flexibility index (Phi) is 3.75. The van der Waals surface area contributed by atoms with Gasteiger partial charge in [0.1, 0.15) is 0 Å². The second-order valence-electron chi connectivity index (χ2n) is 4.91. The molecule has 3 N–H and O–H groups in total. The minimum absolute atomic E-state index is 0.0211. The monoisotopic (exact) mass is 236 g/mol. The molecule has 0 aliphatic heterocycles. The number of rotatable bonds is 3. The largest absolute Gasteiger partial charge is 0.399 e. The van der Waals surface area contributed by atoms with Gasteiger partial charge >= 0.3 is 0 Å². The van der Waals surface area contributed by atoms with Gasteiger partial charge in [-0.15, -0.1) is 0 Å². The Balaban J connectivity index is 3.24. The van der Waals surface area contributed by atoms with E-state index in [4.69, 9.17) is 5.73 Å². The molecule has 0 unspecified atom stereocenters. The zero-order valence-electron chi connectivity index (χ0n) is 10.4. The van der Waals surface area contributed by atoms with Crippen molar-refractivity contribution in [3.63, 3.8) is 0 Å². The number of nitrogens with two attached hydrogens (primary N) is 1. The zero-order chi connectivity index (χ0) is 12.3. The number of hydrogen-bond donors (Lipinski definition) is 2. The Hall–Kier alpha value is -1.29. The molecule has 1 amide bonds. The molecule has 0 saturated heterocycles. The average molecular weight is 236 g/mol. The lowest BCUT2D eigenvalue weighted by atomic mass is 10.2. The molecule has 0 spiro atoms. The molecule has 16 heavy (non-hydrogen) atoms. The molecule has 0 aliphatic carbocycles. The number of benzene rings is 1. The Bertz CT molecular complexity index is 396. The highest BCUT2D eigenvalue weighted by Gasteiger charge is 2.23. The molecule has 0 saturated carbocycles. The molecule has 0 atom stereocenters. The third-order valence-corrected chi connectivity index (χ3v) is 4.49. The van der Waals surface area contributed by atoms with E-state index in [9.17, 15) is 4.79 Å². The van der Waals surface area contributed by atoms with Crippen molar-refractivity contribution in [3.8, 4) is 0 Å². The van der Waals surface area contributed by atoms with Gasteiger partial charge in [0.2, 0.25) is 0 Å². The van der Waals surface area contributed by atoms with Gasteiger partial charge in [0, 0.05) is 17.8 Å². The van der Waals surface area contributed by atoms with Gasteiger partial charge in [0.25, 0.3) is 5.91 Å². The summed E-state index contributed by atoms with van der Waals surface area (Å²) in [7, 11) is -1.51. The standard InChI is InChI=1S/C12H20N2OSi/c1-5-14-12(15)10-8-9(13)6-7-11(10)16(2,3)4/h6-8H,5,13H2,1-4H3,(H,14,15). The number of amides is 1. The van der Waals surface area contributed by atoms with Crippen LogP contribution in [-0.4, -0.2) is 20.5 Å². The minimum Gasteiger partial charge on any atom is -0.399 e. The molecule has 0 radical (unpaired) electrons.